The van der Waals surface area contributed by atoms with Crippen LogP contribution in [0.4, 0.5) is 0 Å². The van der Waals surface area contributed by atoms with Crippen LogP contribution in [0, 0.1) is 6.92 Å². The van der Waals surface area contributed by atoms with Crippen molar-refractivity contribution in [3.63, 3.8) is 0 Å². The SMILES string of the molecule is Cc1cc(CNCc2cc(Br)ccc2OCc2ccccc2)no1.Cl. The van der Waals surface area contributed by atoms with E-state index in [2.05, 4.69) is 44.6 Å². The van der Waals surface area contributed by atoms with Gasteiger partial charge in [0.25, 0.3) is 0 Å². The number of benzene rings is 2. The zero-order chi connectivity index (χ0) is 16.8. The molecule has 0 spiro atoms. The molecular weight excluding hydrogens is 404 g/mol. The van der Waals surface area contributed by atoms with Gasteiger partial charge < -0.3 is 14.6 Å². The highest BCUT2D eigenvalue weighted by molar-refractivity contribution is 9.10. The lowest BCUT2D eigenvalue weighted by Gasteiger charge is -2.12. The van der Waals surface area contributed by atoms with Gasteiger partial charge in [0.2, 0.25) is 0 Å². The predicted molar refractivity (Wildman–Crippen MR) is 104 cm³/mol. The Morgan fingerprint density at radius 1 is 1.08 bits per heavy atom. The zero-order valence-corrected chi connectivity index (χ0v) is 16.3. The molecule has 1 aromatic heterocycles. The van der Waals surface area contributed by atoms with Gasteiger partial charge in [-0.05, 0) is 30.7 Å². The molecule has 4 nitrogen and oxygen atoms in total. The maximum Gasteiger partial charge on any atom is 0.133 e. The molecule has 0 unspecified atom stereocenters. The summed E-state index contributed by atoms with van der Waals surface area (Å²) in [5.41, 5.74) is 3.15. The number of aryl methyl sites for hydroxylation is 1. The Labute approximate surface area is 162 Å². The molecule has 0 fully saturated rings. The van der Waals surface area contributed by atoms with E-state index in [1.54, 1.807) is 0 Å². The van der Waals surface area contributed by atoms with E-state index in [1.165, 1.54) is 0 Å². The van der Waals surface area contributed by atoms with E-state index in [4.69, 9.17) is 9.26 Å². The maximum atomic E-state index is 5.99. The molecule has 0 amide bonds. The van der Waals surface area contributed by atoms with Gasteiger partial charge in [-0.2, -0.15) is 0 Å². The average molecular weight is 424 g/mol. The molecule has 0 aliphatic carbocycles. The number of nitrogens with one attached hydrogen (secondary N) is 1. The maximum absolute atomic E-state index is 5.99. The molecule has 0 radical (unpaired) electrons. The van der Waals surface area contributed by atoms with Crippen molar-refractivity contribution in [1.82, 2.24) is 10.5 Å². The minimum absolute atomic E-state index is 0. The molecule has 6 heteroatoms. The van der Waals surface area contributed by atoms with Crippen LogP contribution in [0.15, 0.2) is 63.6 Å². The lowest BCUT2D eigenvalue weighted by atomic mass is 10.2. The summed E-state index contributed by atoms with van der Waals surface area (Å²) >= 11 is 3.52. The van der Waals surface area contributed by atoms with Crippen LogP contribution in [0.1, 0.15) is 22.6 Å². The molecule has 0 atom stereocenters. The van der Waals surface area contributed by atoms with Gasteiger partial charge in [-0.1, -0.05) is 51.4 Å². The smallest absolute Gasteiger partial charge is 0.133 e. The van der Waals surface area contributed by atoms with Crippen molar-refractivity contribution >= 4 is 28.3 Å². The zero-order valence-electron chi connectivity index (χ0n) is 13.9. The third-order valence-electron chi connectivity index (χ3n) is 3.56. The largest absolute Gasteiger partial charge is 0.489 e. The summed E-state index contributed by atoms with van der Waals surface area (Å²) in [6, 6.07) is 18.1. The molecular formula is C19H20BrClN2O2. The Kier molecular flexibility index (Phi) is 7.50. The standard InChI is InChI=1S/C19H19BrN2O2.ClH/c1-14-9-18(22-24-14)12-21-11-16-10-17(20)7-8-19(16)23-13-15-5-3-2-4-6-15;/h2-10,21H,11-13H2,1H3;1H. The topological polar surface area (TPSA) is 47.3 Å². The van der Waals surface area contributed by atoms with Gasteiger partial charge in [0.05, 0.1) is 5.69 Å². The number of halogens is 2. The van der Waals surface area contributed by atoms with E-state index < -0.39 is 0 Å². The summed E-state index contributed by atoms with van der Waals surface area (Å²) in [6.45, 7) is 3.79. The highest BCUT2D eigenvalue weighted by Gasteiger charge is 2.06. The van der Waals surface area contributed by atoms with Gasteiger partial charge in [-0.25, -0.2) is 0 Å². The minimum Gasteiger partial charge on any atom is -0.489 e. The van der Waals surface area contributed by atoms with Crippen LogP contribution < -0.4 is 10.1 Å². The second-order valence-corrected chi connectivity index (χ2v) is 6.47. The summed E-state index contributed by atoms with van der Waals surface area (Å²) in [7, 11) is 0. The molecule has 25 heavy (non-hydrogen) atoms. The Morgan fingerprint density at radius 3 is 2.60 bits per heavy atom. The first-order chi connectivity index (χ1) is 11.7. The van der Waals surface area contributed by atoms with Gasteiger partial charge in [-0.15, -0.1) is 12.4 Å². The minimum atomic E-state index is 0. The summed E-state index contributed by atoms with van der Waals surface area (Å²) in [5.74, 6) is 1.70. The number of rotatable bonds is 7. The van der Waals surface area contributed by atoms with Crippen LogP contribution in [-0.4, -0.2) is 5.16 Å². The van der Waals surface area contributed by atoms with E-state index in [1.807, 2.05) is 43.3 Å². The molecule has 3 aromatic rings. The van der Waals surface area contributed by atoms with Crippen molar-refractivity contribution < 1.29 is 9.26 Å². The Bertz CT molecular complexity index is 793. The van der Waals surface area contributed by atoms with Gasteiger partial charge >= 0.3 is 0 Å². The molecule has 0 aliphatic heterocycles. The number of hydrogen-bond acceptors (Lipinski definition) is 4. The third kappa shape index (κ3) is 5.88. The van der Waals surface area contributed by atoms with E-state index in [9.17, 15) is 0 Å². The summed E-state index contributed by atoms with van der Waals surface area (Å²) in [6.07, 6.45) is 0. The normalized spacial score (nSPS) is 10.3. The van der Waals surface area contributed by atoms with Crippen LogP contribution >= 0.6 is 28.3 Å². The molecule has 0 bridgehead atoms. The van der Waals surface area contributed by atoms with Crippen molar-refractivity contribution in [2.45, 2.75) is 26.6 Å². The van der Waals surface area contributed by atoms with E-state index in [-0.39, 0.29) is 12.4 Å². The number of ether oxygens (including phenoxy) is 1. The Morgan fingerprint density at radius 2 is 1.88 bits per heavy atom. The first-order valence-electron chi connectivity index (χ1n) is 7.79. The molecule has 0 saturated carbocycles. The first-order valence-corrected chi connectivity index (χ1v) is 8.58. The fraction of sp³-hybridized carbons (Fsp3) is 0.211. The second kappa shape index (κ2) is 9.61. The highest BCUT2D eigenvalue weighted by Crippen LogP contribution is 2.24. The lowest BCUT2D eigenvalue weighted by Crippen LogP contribution is -2.14. The average Bonchev–Trinajstić information content (AvgIpc) is 3.00. The van der Waals surface area contributed by atoms with Crippen molar-refractivity contribution in [2.24, 2.45) is 0 Å². The lowest BCUT2D eigenvalue weighted by molar-refractivity contribution is 0.302. The predicted octanol–water partition coefficient (Wildman–Crippen LogP) is 5.04. The third-order valence-corrected chi connectivity index (χ3v) is 4.05. The number of hydrogen-bond donors (Lipinski definition) is 1. The Hall–Kier alpha value is -1.82. The van der Waals surface area contributed by atoms with Crippen LogP contribution in [0.2, 0.25) is 0 Å². The summed E-state index contributed by atoms with van der Waals surface area (Å²) < 4.78 is 12.1. The fourth-order valence-electron chi connectivity index (χ4n) is 2.39. The van der Waals surface area contributed by atoms with Crippen molar-refractivity contribution in [3.05, 3.63) is 81.7 Å². The number of aromatic nitrogens is 1. The number of nitrogens with zero attached hydrogens (tertiary/aromatic N) is 1. The van der Waals surface area contributed by atoms with E-state index in [0.29, 0.717) is 19.7 Å². The first kappa shape index (κ1) is 19.5. The quantitative estimate of drug-likeness (QED) is 0.578. The van der Waals surface area contributed by atoms with Crippen molar-refractivity contribution in [1.29, 1.82) is 0 Å². The molecule has 0 saturated heterocycles. The summed E-state index contributed by atoms with van der Waals surface area (Å²) in [5, 5.41) is 7.36. The molecule has 1 N–H and O–H groups in total. The van der Waals surface area contributed by atoms with Crippen LogP contribution in [0.3, 0.4) is 0 Å². The van der Waals surface area contributed by atoms with Crippen molar-refractivity contribution in [3.8, 4) is 5.75 Å². The molecule has 132 valence electrons. The van der Waals surface area contributed by atoms with Gasteiger partial charge in [-0.3, -0.25) is 0 Å². The second-order valence-electron chi connectivity index (χ2n) is 5.56. The van der Waals surface area contributed by atoms with Gasteiger partial charge in [0.1, 0.15) is 18.1 Å². The van der Waals surface area contributed by atoms with E-state index in [0.717, 1.165) is 32.8 Å². The molecule has 1 heterocycles. The molecule has 2 aromatic carbocycles. The molecule has 0 aliphatic rings. The van der Waals surface area contributed by atoms with Gasteiger partial charge in [0.15, 0.2) is 0 Å². The summed E-state index contributed by atoms with van der Waals surface area (Å²) in [4.78, 5) is 0. The monoisotopic (exact) mass is 422 g/mol. The van der Waals surface area contributed by atoms with Crippen LogP contribution in [-0.2, 0) is 19.7 Å². The Balaban J connectivity index is 0.00000225. The van der Waals surface area contributed by atoms with Gasteiger partial charge in [0, 0.05) is 29.2 Å². The highest BCUT2D eigenvalue weighted by atomic mass is 79.9. The van der Waals surface area contributed by atoms with Crippen molar-refractivity contribution in [2.75, 3.05) is 0 Å². The fourth-order valence-corrected chi connectivity index (χ4v) is 2.80. The van der Waals surface area contributed by atoms with Crippen LogP contribution in [0.25, 0.3) is 0 Å². The van der Waals surface area contributed by atoms with Crippen LogP contribution in [0.5, 0.6) is 5.75 Å². The van der Waals surface area contributed by atoms with E-state index >= 15 is 0 Å². The molecule has 3 rings (SSSR count).